The first-order valence-corrected chi connectivity index (χ1v) is 38.2. The molecule has 118 heavy (non-hydrogen) atoms. The number of anilines is 4. The van der Waals surface area contributed by atoms with Crippen molar-refractivity contribution < 1.29 is 77.2 Å². The van der Waals surface area contributed by atoms with Gasteiger partial charge in [0, 0.05) is 117 Å². The van der Waals surface area contributed by atoms with Crippen LogP contribution in [0.2, 0.25) is 5.02 Å². The summed E-state index contributed by atoms with van der Waals surface area (Å²) in [5.41, 5.74) is 2.06. The van der Waals surface area contributed by atoms with Crippen LogP contribution in [0.3, 0.4) is 0 Å². The van der Waals surface area contributed by atoms with Crippen LogP contribution < -0.4 is 19.6 Å². The first-order valence-electron chi connectivity index (χ1n) is 37.8. The van der Waals surface area contributed by atoms with Crippen LogP contribution in [-0.2, 0) is 49.9 Å². The third kappa shape index (κ3) is 20.1. The molecule has 12 heterocycles. The molecule has 6 aliphatic heterocycles. The summed E-state index contributed by atoms with van der Waals surface area (Å²) < 4.78 is 60.8. The minimum atomic E-state index is -0.834. The van der Waals surface area contributed by atoms with Gasteiger partial charge in [0.15, 0.2) is 17.5 Å². The monoisotopic (exact) mass is 1640 g/mol. The van der Waals surface area contributed by atoms with Crippen LogP contribution in [0.25, 0.3) is 28.2 Å². The molecule has 0 bridgehead atoms. The zero-order valence-corrected chi connectivity index (χ0v) is 67.0. The highest BCUT2D eigenvalue weighted by molar-refractivity contribution is 6.35. The molecule has 0 radical (unpaired) electrons. The van der Waals surface area contributed by atoms with Gasteiger partial charge in [-0.3, -0.25) is 24.1 Å². The fraction of sp³-hybridized carbons (Fsp3) is 0.373. The van der Waals surface area contributed by atoms with Gasteiger partial charge in [-0.1, -0.05) is 84.4 Å². The Morgan fingerprint density at radius 2 is 0.915 bits per heavy atom. The summed E-state index contributed by atoms with van der Waals surface area (Å²) in [5, 5.41) is 88.0. The number of nitriles is 2. The van der Waals surface area contributed by atoms with Gasteiger partial charge in [0.25, 0.3) is 11.8 Å². The van der Waals surface area contributed by atoms with Crippen molar-refractivity contribution >= 4 is 58.9 Å². The smallest absolute Gasteiger partial charge is 0.417 e. The van der Waals surface area contributed by atoms with Crippen LogP contribution in [0.5, 0.6) is 0 Å². The highest BCUT2D eigenvalue weighted by Crippen LogP contribution is 2.38. The summed E-state index contributed by atoms with van der Waals surface area (Å²) in [5.74, 6) is 0.598. The molecule has 35 heteroatoms. The number of nitrogens with one attached hydrogen (secondary N) is 1. The molecule has 4 aromatic carbocycles. The molecule has 4 fully saturated rings. The van der Waals surface area contributed by atoms with E-state index < -0.39 is 77.4 Å². The summed E-state index contributed by atoms with van der Waals surface area (Å²) in [7, 11) is 4.77. The number of pyridine rings is 2. The number of ether oxygens (including phenoxy) is 5. The fourth-order valence-corrected chi connectivity index (χ4v) is 14.3. The number of carbonyl (C=O) groups is 4. The van der Waals surface area contributed by atoms with Crippen molar-refractivity contribution in [2.75, 3.05) is 93.3 Å². The maximum Gasteiger partial charge on any atom is 0.417 e. The normalized spacial score (nSPS) is 19.9. The van der Waals surface area contributed by atoms with E-state index in [0.717, 1.165) is 40.3 Å². The lowest BCUT2D eigenvalue weighted by atomic mass is 10.0. The Hall–Kier alpha value is -12.1. The zero-order valence-electron chi connectivity index (χ0n) is 66.3. The van der Waals surface area contributed by atoms with Gasteiger partial charge >= 0.3 is 12.2 Å². The number of hydrogen-bond donors (Lipinski definition) is 6. The highest BCUT2D eigenvalue weighted by atomic mass is 35.5. The summed E-state index contributed by atoms with van der Waals surface area (Å²) in [6, 6.07) is 42.7. The van der Waals surface area contributed by atoms with Gasteiger partial charge in [0.05, 0.1) is 142 Å². The van der Waals surface area contributed by atoms with Crippen molar-refractivity contribution in [3.63, 3.8) is 0 Å². The van der Waals surface area contributed by atoms with Gasteiger partial charge in [-0.05, 0) is 89.1 Å². The van der Waals surface area contributed by atoms with E-state index in [-0.39, 0.29) is 98.3 Å². The number of imide groups is 2. The predicted molar refractivity (Wildman–Crippen MR) is 428 cm³/mol. The van der Waals surface area contributed by atoms with E-state index in [4.69, 9.17) is 35.3 Å². The quantitative estimate of drug-likeness (QED) is 0.0593. The van der Waals surface area contributed by atoms with E-state index in [9.17, 15) is 64.0 Å². The van der Waals surface area contributed by atoms with E-state index in [1.165, 1.54) is 71.4 Å². The van der Waals surface area contributed by atoms with Gasteiger partial charge in [-0.15, -0.1) is 0 Å². The van der Waals surface area contributed by atoms with Crippen LogP contribution in [0.15, 0.2) is 158 Å². The Labute approximate surface area is 683 Å². The second-order valence-electron chi connectivity index (χ2n) is 30.5. The maximum absolute atomic E-state index is 15.0. The second-order valence-corrected chi connectivity index (χ2v) is 30.9. The fourth-order valence-electron chi connectivity index (χ4n) is 14.0. The van der Waals surface area contributed by atoms with Gasteiger partial charge in [0.2, 0.25) is 0 Å². The van der Waals surface area contributed by atoms with Crippen LogP contribution in [0.4, 0.5) is 41.6 Å². The Morgan fingerprint density at radius 1 is 0.508 bits per heavy atom. The third-order valence-corrected chi connectivity index (χ3v) is 20.1. The molecule has 6 aliphatic rings. The number of benzene rings is 4. The Bertz CT molecular complexity index is 5270. The first-order chi connectivity index (χ1) is 56.4. The van der Waals surface area contributed by atoms with Gasteiger partial charge in [-0.2, -0.15) is 30.9 Å². The Morgan fingerprint density at radius 3 is 1.35 bits per heavy atom. The number of fused-ring (bicyclic) bond motifs is 2. The number of H-pyrrole nitrogens is 1. The molecule has 0 aliphatic carbocycles. The van der Waals surface area contributed by atoms with E-state index in [1.54, 1.807) is 74.2 Å². The molecule has 6 N–H and O–H groups in total. The SMILES string of the molecule is CC(C)(C)OC(=O)N1Cc2nc(-c3c(F)cccc3C#N)cc(Cl)c2C1=O.CO[C@@H]1CN(c2ccn(Cc3ccccc3)n2)C[C@@H]1O.CO[C@@H]1CN(c2ccn[nH]2)C[C@@H]1O.CO[C@H]1CN(c2ccn(-c3cc(-c4c(F)cccc4C#N)nc4c3C(=O)N(C(=O)OC(C)(C)C)C4)n2)C[C@H]1O.O[C@@H]1CN(c2ccn(Cc3ccccc3)n2)C[C@@H]1O. The number of halogens is 3. The number of β-amino-alcohol motifs (C(OH)–C–C–N with tert-alkyl or cyclic N) is 5. The molecule has 6 aromatic heterocycles. The average molecular weight is 1640 g/mol. The molecule has 0 spiro atoms. The lowest BCUT2D eigenvalue weighted by Crippen LogP contribution is -2.37. The van der Waals surface area contributed by atoms with Crippen LogP contribution in [0, 0.1) is 34.3 Å². The molecule has 0 saturated carbocycles. The number of carbonyl (C=O) groups excluding carboxylic acids is 4. The lowest BCUT2D eigenvalue weighted by Gasteiger charge is -2.23. The van der Waals surface area contributed by atoms with E-state index in [2.05, 4.69) is 64.6 Å². The zero-order chi connectivity index (χ0) is 84.4. The number of nitrogens with zero attached hydrogens (tertiary/aromatic N) is 17. The minimum absolute atomic E-state index is 0.00660. The molecule has 16 rings (SSSR count). The summed E-state index contributed by atoms with van der Waals surface area (Å²) in [4.78, 5) is 69.6. The van der Waals surface area contributed by atoms with Gasteiger partial charge < -0.3 is 68.8 Å². The number of amides is 4. The van der Waals surface area contributed by atoms with Crippen molar-refractivity contribution in [1.82, 2.24) is 59.3 Å². The summed E-state index contributed by atoms with van der Waals surface area (Å²) in [6.07, 6.45) is 2.05. The van der Waals surface area contributed by atoms with Crippen LogP contribution >= 0.6 is 11.6 Å². The van der Waals surface area contributed by atoms with E-state index in [1.807, 2.05) is 103 Å². The number of aliphatic hydroxyl groups excluding tert-OH is 5. The number of methoxy groups -OCH3 is 3. The minimum Gasteiger partial charge on any atom is -0.443 e. The lowest BCUT2D eigenvalue weighted by molar-refractivity contribution is 0.0217. The Balaban J connectivity index is 0.000000142. The molecule has 0 unspecified atom stereocenters. The number of rotatable bonds is 14. The molecular formula is C83H91ClF2N18O14. The maximum atomic E-state index is 15.0. The molecule has 618 valence electrons. The number of aromatic nitrogens is 10. The topological polar surface area (TPSA) is 391 Å². The highest BCUT2D eigenvalue weighted by Gasteiger charge is 2.42. The number of aromatic amines is 1. The average Bonchev–Trinajstić information content (AvgIpc) is 1.59. The van der Waals surface area contributed by atoms with E-state index >= 15 is 0 Å². The van der Waals surface area contributed by atoms with Crippen molar-refractivity contribution in [1.29, 1.82) is 10.5 Å². The standard InChI is InChI=1S/C27H27FN6O5.C19H15ClFN3O3.C15H19N3O2.C14H17N3O2.C8H13N3O2/c1-27(2,3)39-26(37)33-12-18-24(25(33)36)19(10-17(30-18)23-15(11-29)6-5-7-16(23)28)34-9-8-22(31-34)32-13-20(35)21(14-32)38-4;1-19(2,3)27-18(26)24-9-14-16(17(24)25)11(20)7-13(23-14)15-10(8-22)5-4-6-12(15)21;1-20-14-11-17(10-13(14)19)15-7-8-18(16-15)9-12-5-3-2-4-6-12;18-12-9-16(10-13(12)19)14-6-7-17(15-14)8-11-4-2-1-3-5-11;1-13-7-5-11(4-6(7)12)8-2-3-9-10-8/h5-10,20-21,35H,12-14H2,1-4H3;4-7H,9H2,1-3H3;2-8,13-14,19H,9-11H2,1H3;1-7,12-13,18-19H,8-10H2;2-3,6-7,12H,4-5H2,1H3,(H,9,10)/t20-,21+;;13-,14+;12-,13+;6-,7+/m1.0.0/s1. The predicted octanol–water partition coefficient (Wildman–Crippen LogP) is 8.54. The third-order valence-electron chi connectivity index (χ3n) is 19.8. The summed E-state index contributed by atoms with van der Waals surface area (Å²) >= 11 is 6.23. The van der Waals surface area contributed by atoms with Gasteiger partial charge in [0.1, 0.15) is 47.0 Å². The van der Waals surface area contributed by atoms with Gasteiger partial charge in [-0.25, -0.2) is 42.8 Å². The largest absolute Gasteiger partial charge is 0.443 e. The molecular weight excluding hydrogens is 1550 g/mol. The molecule has 10 aromatic rings. The molecule has 32 nitrogen and oxygen atoms in total. The Kier molecular flexibility index (Phi) is 26.8. The molecule has 4 amide bonds. The van der Waals surface area contributed by atoms with Crippen molar-refractivity contribution in [3.05, 3.63) is 220 Å². The molecule has 8 atom stereocenters. The summed E-state index contributed by atoms with van der Waals surface area (Å²) in [6.45, 7) is 15.4. The van der Waals surface area contributed by atoms with Crippen LogP contribution in [-0.4, -0.2) is 243 Å². The van der Waals surface area contributed by atoms with Crippen molar-refractivity contribution in [2.45, 2.75) is 128 Å². The van der Waals surface area contributed by atoms with Crippen molar-refractivity contribution in [3.8, 4) is 40.3 Å². The number of hydrogen-bond acceptors (Lipinski definition) is 26. The second kappa shape index (κ2) is 37.0. The van der Waals surface area contributed by atoms with Crippen molar-refractivity contribution in [2.24, 2.45) is 0 Å². The van der Waals surface area contributed by atoms with Crippen LogP contribution in [0.1, 0.15) is 95.9 Å². The van der Waals surface area contributed by atoms with E-state index in [0.29, 0.717) is 58.2 Å². The number of aliphatic hydroxyl groups is 5. The first kappa shape index (κ1) is 85.3. The molecule has 4 saturated heterocycles.